The second-order valence-electron chi connectivity index (χ2n) is 5.52. The third-order valence-corrected chi connectivity index (χ3v) is 3.96. The van der Waals surface area contributed by atoms with Gasteiger partial charge in [0.1, 0.15) is 5.82 Å². The molecule has 0 saturated heterocycles. The molecule has 1 fully saturated rings. The van der Waals surface area contributed by atoms with Gasteiger partial charge in [-0.3, -0.25) is 0 Å². The van der Waals surface area contributed by atoms with Gasteiger partial charge in [-0.05, 0) is 30.9 Å². The van der Waals surface area contributed by atoms with Gasteiger partial charge in [-0.2, -0.15) is 17.7 Å². The minimum absolute atomic E-state index is 0.0876. The molecule has 2 aromatic heterocycles. The van der Waals surface area contributed by atoms with Crippen molar-refractivity contribution >= 4 is 11.5 Å². The maximum absolute atomic E-state index is 12.8. The van der Waals surface area contributed by atoms with Crippen LogP contribution in [0.25, 0.3) is 5.65 Å². The monoisotopic (exact) mass is 299 g/mol. The molecule has 1 aliphatic carbocycles. The van der Waals surface area contributed by atoms with Gasteiger partial charge >= 0.3 is 6.18 Å². The molecule has 5 nitrogen and oxygen atoms in total. The van der Waals surface area contributed by atoms with Crippen molar-refractivity contribution in [3.63, 3.8) is 0 Å². The van der Waals surface area contributed by atoms with E-state index < -0.39 is 12.0 Å². The summed E-state index contributed by atoms with van der Waals surface area (Å²) in [4.78, 5) is 0. The van der Waals surface area contributed by atoms with E-state index in [0.717, 1.165) is 23.8 Å². The molecule has 0 unspecified atom stereocenters. The molecule has 2 heterocycles. The third-order valence-electron chi connectivity index (χ3n) is 3.96. The lowest BCUT2D eigenvalue weighted by Gasteiger charge is -2.29. The van der Waals surface area contributed by atoms with Crippen LogP contribution in [0.5, 0.6) is 0 Å². The summed E-state index contributed by atoms with van der Waals surface area (Å²) >= 11 is 0. The van der Waals surface area contributed by atoms with Gasteiger partial charge in [0.25, 0.3) is 5.82 Å². The van der Waals surface area contributed by atoms with Crippen LogP contribution in [-0.2, 0) is 6.18 Å². The number of halogens is 3. The minimum Gasteiger partial charge on any atom is -0.366 e. The van der Waals surface area contributed by atoms with Gasteiger partial charge in [-0.1, -0.05) is 19.8 Å². The number of hydrogen-bond acceptors (Lipinski definition) is 4. The summed E-state index contributed by atoms with van der Waals surface area (Å²) in [6.07, 6.45) is -0.0984. The number of nitrogens with zero attached hydrogens (tertiary/aromatic N) is 4. The molecule has 0 aromatic carbocycles. The number of fused-ring (bicyclic) bond motifs is 1. The average molecular weight is 299 g/mol. The lowest BCUT2D eigenvalue weighted by atomic mass is 9.86. The zero-order valence-electron chi connectivity index (χ0n) is 11.6. The predicted molar refractivity (Wildman–Crippen MR) is 70.8 cm³/mol. The van der Waals surface area contributed by atoms with Crippen molar-refractivity contribution in [1.82, 2.24) is 19.8 Å². The molecule has 0 amide bonds. The summed E-state index contributed by atoms with van der Waals surface area (Å²) in [7, 11) is 0. The topological polar surface area (TPSA) is 55.1 Å². The number of alkyl halides is 3. The Kier molecular flexibility index (Phi) is 3.46. The molecule has 8 heteroatoms. The smallest absolute Gasteiger partial charge is 0.366 e. The Hall–Kier alpha value is -1.86. The Balaban J connectivity index is 1.89. The first kappa shape index (κ1) is 14.1. The normalized spacial score (nSPS) is 23.4. The molecule has 3 rings (SSSR count). The van der Waals surface area contributed by atoms with Crippen LogP contribution >= 0.6 is 0 Å². The highest BCUT2D eigenvalue weighted by Crippen LogP contribution is 2.29. The minimum atomic E-state index is -4.57. The van der Waals surface area contributed by atoms with Crippen molar-refractivity contribution in [2.75, 3.05) is 5.32 Å². The molecule has 1 aliphatic rings. The molecule has 21 heavy (non-hydrogen) atoms. The van der Waals surface area contributed by atoms with Crippen LogP contribution in [0.4, 0.5) is 19.0 Å². The van der Waals surface area contributed by atoms with E-state index in [9.17, 15) is 13.2 Å². The zero-order valence-corrected chi connectivity index (χ0v) is 11.6. The van der Waals surface area contributed by atoms with Gasteiger partial charge in [0.05, 0.1) is 0 Å². The second kappa shape index (κ2) is 5.16. The lowest BCUT2D eigenvalue weighted by molar-refractivity contribution is -0.146. The summed E-state index contributed by atoms with van der Waals surface area (Å²) in [5, 5.41) is 13.9. The van der Waals surface area contributed by atoms with Gasteiger partial charge < -0.3 is 5.32 Å². The molecular formula is C13H16F3N5. The van der Waals surface area contributed by atoms with E-state index in [1.165, 1.54) is 12.5 Å². The number of aromatic nitrogens is 4. The molecule has 2 aromatic rings. The van der Waals surface area contributed by atoms with E-state index in [1.807, 2.05) is 0 Å². The van der Waals surface area contributed by atoms with E-state index in [0.29, 0.717) is 11.7 Å². The fourth-order valence-corrected chi connectivity index (χ4v) is 2.76. The maximum Gasteiger partial charge on any atom is 0.453 e. The summed E-state index contributed by atoms with van der Waals surface area (Å²) in [5.41, 5.74) is 0.0876. The second-order valence-corrected chi connectivity index (χ2v) is 5.52. The highest BCUT2D eigenvalue weighted by atomic mass is 19.4. The molecule has 1 N–H and O–H groups in total. The van der Waals surface area contributed by atoms with E-state index >= 15 is 0 Å². The maximum atomic E-state index is 12.8. The number of rotatable bonds is 2. The molecule has 0 bridgehead atoms. The Morgan fingerprint density at radius 2 is 1.95 bits per heavy atom. The van der Waals surface area contributed by atoms with Crippen LogP contribution in [-0.4, -0.2) is 25.9 Å². The van der Waals surface area contributed by atoms with Crippen molar-refractivity contribution in [2.45, 2.75) is 44.8 Å². The van der Waals surface area contributed by atoms with Gasteiger partial charge in [-0.25, -0.2) is 0 Å². The molecule has 1 saturated carbocycles. The Labute approximate surface area is 119 Å². The van der Waals surface area contributed by atoms with Crippen molar-refractivity contribution in [1.29, 1.82) is 0 Å². The fourth-order valence-electron chi connectivity index (χ4n) is 2.76. The van der Waals surface area contributed by atoms with Crippen LogP contribution in [0.2, 0.25) is 0 Å². The number of nitrogens with one attached hydrogen (secondary N) is 1. The first-order chi connectivity index (χ1) is 9.95. The summed E-state index contributed by atoms with van der Waals surface area (Å²) in [6.45, 7) is 2.15. The SMILES string of the molecule is C[C@H]1CCCC[C@@H]1Nc1ccc2nnc(C(F)(F)F)n2n1. The average Bonchev–Trinajstić information content (AvgIpc) is 2.84. The molecule has 2 atom stereocenters. The summed E-state index contributed by atoms with van der Waals surface area (Å²) in [6, 6.07) is 3.38. The van der Waals surface area contributed by atoms with Gasteiger partial charge in [0.2, 0.25) is 0 Å². The highest BCUT2D eigenvalue weighted by molar-refractivity contribution is 5.44. The predicted octanol–water partition coefficient (Wildman–Crippen LogP) is 3.13. The third kappa shape index (κ3) is 2.79. The molecular weight excluding hydrogens is 283 g/mol. The van der Waals surface area contributed by atoms with Gasteiger partial charge in [-0.15, -0.1) is 15.3 Å². The standard InChI is InChI=1S/C13H16F3N5/c1-8-4-2-3-5-9(8)17-10-6-7-11-18-19-12(13(14,15)16)21(11)20-10/h6-9H,2-5H2,1H3,(H,17,20)/t8-,9-/m0/s1. The van der Waals surface area contributed by atoms with Gasteiger partial charge in [0, 0.05) is 6.04 Å². The Morgan fingerprint density at radius 3 is 2.67 bits per heavy atom. The Bertz CT molecular complexity index is 636. The van der Waals surface area contributed by atoms with E-state index in [4.69, 9.17) is 0 Å². The highest BCUT2D eigenvalue weighted by Gasteiger charge is 2.37. The summed E-state index contributed by atoms with van der Waals surface area (Å²) < 4.78 is 39.2. The molecule has 0 spiro atoms. The van der Waals surface area contributed by atoms with E-state index in [1.54, 1.807) is 6.07 Å². The first-order valence-corrected chi connectivity index (χ1v) is 7.01. The van der Waals surface area contributed by atoms with E-state index in [2.05, 4.69) is 27.5 Å². The fraction of sp³-hybridized carbons (Fsp3) is 0.615. The van der Waals surface area contributed by atoms with Crippen molar-refractivity contribution < 1.29 is 13.2 Å². The van der Waals surface area contributed by atoms with Crippen molar-refractivity contribution in [3.05, 3.63) is 18.0 Å². The quantitative estimate of drug-likeness (QED) is 0.925. The zero-order chi connectivity index (χ0) is 15.0. The van der Waals surface area contributed by atoms with Crippen LogP contribution in [0.1, 0.15) is 38.4 Å². The molecule has 0 aliphatic heterocycles. The van der Waals surface area contributed by atoms with E-state index in [-0.39, 0.29) is 11.7 Å². The van der Waals surface area contributed by atoms with Crippen LogP contribution in [0.3, 0.4) is 0 Å². The molecule has 114 valence electrons. The largest absolute Gasteiger partial charge is 0.453 e. The van der Waals surface area contributed by atoms with Crippen molar-refractivity contribution in [3.8, 4) is 0 Å². The Morgan fingerprint density at radius 1 is 1.19 bits per heavy atom. The van der Waals surface area contributed by atoms with Crippen LogP contribution in [0.15, 0.2) is 12.1 Å². The first-order valence-electron chi connectivity index (χ1n) is 7.01. The van der Waals surface area contributed by atoms with Crippen LogP contribution in [0, 0.1) is 5.92 Å². The summed E-state index contributed by atoms with van der Waals surface area (Å²) in [5.74, 6) is -0.191. The number of hydrogen-bond donors (Lipinski definition) is 1. The van der Waals surface area contributed by atoms with Crippen LogP contribution < -0.4 is 5.32 Å². The molecule has 0 radical (unpaired) electrons. The van der Waals surface area contributed by atoms with Gasteiger partial charge in [0.15, 0.2) is 5.65 Å². The van der Waals surface area contributed by atoms with Crippen molar-refractivity contribution in [2.24, 2.45) is 5.92 Å². The lowest BCUT2D eigenvalue weighted by Crippen LogP contribution is -2.31. The number of anilines is 1.